The summed E-state index contributed by atoms with van der Waals surface area (Å²) >= 11 is 8.85. The van der Waals surface area contributed by atoms with Gasteiger partial charge < -0.3 is 20.9 Å². The Morgan fingerprint density at radius 3 is 1.07 bits per heavy atom. The molecule has 1 radical (unpaired) electrons. The zero-order valence-corrected chi connectivity index (χ0v) is 11.8. The molecule has 0 heterocycles. The number of rotatable bonds is 2. The van der Waals surface area contributed by atoms with Crippen molar-refractivity contribution in [3.05, 3.63) is 0 Å². The Labute approximate surface area is 113 Å². The van der Waals surface area contributed by atoms with Crippen LogP contribution in [0.2, 0.25) is 0 Å². The molecule has 0 aromatic carbocycles. The van der Waals surface area contributed by atoms with Crippen molar-refractivity contribution in [2.75, 3.05) is 0 Å². The van der Waals surface area contributed by atoms with Gasteiger partial charge in [0.05, 0.1) is 12.2 Å². The summed E-state index contributed by atoms with van der Waals surface area (Å²) in [5, 5.41) is 0.241. The molecule has 0 aliphatic heterocycles. The maximum Gasteiger partial charge on any atom is 0.254 e. The van der Waals surface area contributed by atoms with Crippen molar-refractivity contribution in [1.29, 1.82) is 0 Å². The molecular formula is C8H18CuN2O2S2. The van der Waals surface area contributed by atoms with Crippen molar-refractivity contribution in [2.24, 2.45) is 11.5 Å². The zero-order valence-electron chi connectivity index (χ0n) is 9.24. The van der Waals surface area contributed by atoms with E-state index in [1.54, 1.807) is 0 Å². The molecule has 0 fully saturated rings. The smallest absolute Gasteiger partial charge is 0.254 e. The first-order valence-electron chi connectivity index (χ1n) is 4.17. The summed E-state index contributed by atoms with van der Waals surface area (Å²) in [6.45, 7) is 7.50. The summed E-state index contributed by atoms with van der Waals surface area (Å²) in [7, 11) is 0. The van der Waals surface area contributed by atoms with Gasteiger partial charge in [0.15, 0.2) is 0 Å². The summed E-state index contributed by atoms with van der Waals surface area (Å²) in [5.41, 5.74) is 10.0. The van der Waals surface area contributed by atoms with E-state index >= 15 is 0 Å². The van der Waals surface area contributed by atoms with Crippen LogP contribution in [-0.2, 0) is 26.5 Å². The summed E-state index contributed by atoms with van der Waals surface area (Å²) < 4.78 is 9.52. The number of hydrogen-bond donors (Lipinski definition) is 2. The van der Waals surface area contributed by atoms with E-state index in [1.165, 1.54) is 0 Å². The molecule has 0 spiro atoms. The molecule has 15 heavy (non-hydrogen) atoms. The van der Waals surface area contributed by atoms with Crippen molar-refractivity contribution in [3.8, 4) is 0 Å². The van der Waals surface area contributed by atoms with Crippen molar-refractivity contribution >= 4 is 34.8 Å². The second-order valence-electron chi connectivity index (χ2n) is 2.97. The van der Waals surface area contributed by atoms with E-state index < -0.39 is 0 Å². The second kappa shape index (κ2) is 12.0. The van der Waals surface area contributed by atoms with E-state index in [-0.39, 0.29) is 39.6 Å². The van der Waals surface area contributed by atoms with Crippen LogP contribution in [0.4, 0.5) is 0 Å². The van der Waals surface area contributed by atoms with E-state index in [0.717, 1.165) is 0 Å². The number of hydrogen-bond acceptors (Lipinski definition) is 4. The molecular weight excluding hydrogens is 284 g/mol. The Balaban J connectivity index is -0.000000180. The van der Waals surface area contributed by atoms with Crippen LogP contribution >= 0.6 is 24.4 Å². The molecule has 4 N–H and O–H groups in total. The minimum Gasteiger partial charge on any atom is -0.468 e. The second-order valence-corrected chi connectivity index (χ2v) is 3.78. The van der Waals surface area contributed by atoms with Gasteiger partial charge in [0.1, 0.15) is 0 Å². The van der Waals surface area contributed by atoms with Crippen LogP contribution < -0.4 is 11.5 Å². The summed E-state index contributed by atoms with van der Waals surface area (Å²) in [6, 6.07) is 0. The maximum atomic E-state index is 5.00. The van der Waals surface area contributed by atoms with E-state index in [1.807, 2.05) is 27.7 Å². The van der Waals surface area contributed by atoms with Gasteiger partial charge in [-0.1, -0.05) is 0 Å². The Kier molecular flexibility index (Phi) is 16.2. The molecule has 4 nitrogen and oxygen atoms in total. The molecule has 0 unspecified atom stereocenters. The van der Waals surface area contributed by atoms with Crippen LogP contribution in [-0.4, -0.2) is 22.6 Å². The number of nitrogens with two attached hydrogens (primary N) is 2. The Hall–Kier alpha value is -0.101. The molecule has 95 valence electrons. The van der Waals surface area contributed by atoms with Crippen molar-refractivity contribution in [3.63, 3.8) is 0 Å². The normalized spacial score (nSPS) is 8.40. The average Bonchev–Trinajstić information content (AvgIpc) is 1.79. The van der Waals surface area contributed by atoms with Crippen LogP contribution in [0.1, 0.15) is 27.7 Å². The van der Waals surface area contributed by atoms with Crippen molar-refractivity contribution in [1.82, 2.24) is 0 Å². The minimum absolute atomic E-state index is 0. The topological polar surface area (TPSA) is 70.5 Å². The number of ether oxygens (including phenoxy) is 2. The minimum atomic E-state index is 0. The van der Waals surface area contributed by atoms with Gasteiger partial charge in [-0.3, -0.25) is 0 Å². The molecule has 0 aliphatic rings. The Morgan fingerprint density at radius 1 is 0.867 bits per heavy atom. The fourth-order valence-electron chi connectivity index (χ4n) is 0.465. The SMILES string of the molecule is CC(C)OC(N)=S.CC(C)OC(N)=S.[Cu]. The first-order valence-corrected chi connectivity index (χ1v) is 4.99. The van der Waals surface area contributed by atoms with Crippen LogP contribution in [0, 0.1) is 0 Å². The first-order chi connectivity index (χ1) is 6.25. The summed E-state index contributed by atoms with van der Waals surface area (Å²) in [6.07, 6.45) is 0.218. The molecule has 0 atom stereocenters. The van der Waals surface area contributed by atoms with Crippen molar-refractivity contribution < 1.29 is 26.5 Å². The fraction of sp³-hybridized carbons (Fsp3) is 0.750. The van der Waals surface area contributed by atoms with Crippen LogP contribution in [0.3, 0.4) is 0 Å². The molecule has 7 heteroatoms. The third kappa shape index (κ3) is 31.5. The monoisotopic (exact) mass is 301 g/mol. The van der Waals surface area contributed by atoms with Crippen LogP contribution in [0.5, 0.6) is 0 Å². The van der Waals surface area contributed by atoms with Crippen LogP contribution in [0.15, 0.2) is 0 Å². The third-order valence-electron chi connectivity index (χ3n) is 0.704. The zero-order chi connectivity index (χ0) is 11.7. The molecule has 0 rings (SSSR count). The van der Waals surface area contributed by atoms with Gasteiger partial charge in [0.2, 0.25) is 0 Å². The molecule has 0 aromatic rings. The molecule has 0 amide bonds. The van der Waals surface area contributed by atoms with Gasteiger partial charge in [-0.25, -0.2) is 0 Å². The Morgan fingerprint density at radius 2 is 1.07 bits per heavy atom. The quantitative estimate of drug-likeness (QED) is 0.592. The third-order valence-corrected chi connectivity index (χ3v) is 0.896. The van der Waals surface area contributed by atoms with E-state index in [4.69, 9.17) is 20.9 Å². The van der Waals surface area contributed by atoms with Gasteiger partial charge in [0.25, 0.3) is 10.3 Å². The van der Waals surface area contributed by atoms with E-state index in [9.17, 15) is 0 Å². The molecule has 0 saturated carbocycles. The van der Waals surface area contributed by atoms with Gasteiger partial charge in [-0.15, -0.1) is 0 Å². The van der Waals surface area contributed by atoms with E-state index in [2.05, 4.69) is 24.4 Å². The number of thiocarbonyl (C=S) groups is 2. The van der Waals surface area contributed by atoms with Crippen molar-refractivity contribution in [2.45, 2.75) is 39.9 Å². The fourth-order valence-corrected chi connectivity index (χ4v) is 0.850. The predicted octanol–water partition coefficient (Wildman–Crippen LogP) is 1.31. The van der Waals surface area contributed by atoms with Gasteiger partial charge in [0, 0.05) is 17.1 Å². The van der Waals surface area contributed by atoms with E-state index in [0.29, 0.717) is 0 Å². The molecule has 0 bridgehead atoms. The van der Waals surface area contributed by atoms with Crippen LogP contribution in [0.25, 0.3) is 0 Å². The maximum absolute atomic E-state index is 5.00. The summed E-state index contributed by atoms with van der Waals surface area (Å²) in [5.74, 6) is 0. The Bertz CT molecular complexity index is 169. The first kappa shape index (κ1) is 20.3. The average molecular weight is 302 g/mol. The largest absolute Gasteiger partial charge is 0.468 e. The molecule has 0 aliphatic carbocycles. The molecule has 0 saturated heterocycles. The van der Waals surface area contributed by atoms with Gasteiger partial charge in [-0.2, -0.15) is 0 Å². The van der Waals surface area contributed by atoms with Gasteiger partial charge in [-0.05, 0) is 52.1 Å². The predicted molar refractivity (Wildman–Crippen MR) is 66.0 cm³/mol. The summed E-state index contributed by atoms with van der Waals surface area (Å²) in [4.78, 5) is 0. The molecule has 0 aromatic heterocycles. The standard InChI is InChI=1S/2C4H9NOS.Cu/c2*1-3(2)6-4(5)7;/h2*3H,1-2H3,(H2,5,7);. The van der Waals surface area contributed by atoms with Gasteiger partial charge >= 0.3 is 0 Å².